The summed E-state index contributed by atoms with van der Waals surface area (Å²) in [6.45, 7) is 3.12. The fourth-order valence-electron chi connectivity index (χ4n) is 3.04. The normalized spacial score (nSPS) is 11.6. The molecule has 0 saturated heterocycles. The summed E-state index contributed by atoms with van der Waals surface area (Å²) in [5.74, 6) is -0.240. The Balaban J connectivity index is 1.78. The number of carbonyl (C=O) groups is 1. The van der Waals surface area contributed by atoms with E-state index < -0.39 is 23.5 Å². The molecule has 13 heteroatoms. The summed E-state index contributed by atoms with van der Waals surface area (Å²) >= 11 is 0.993. The van der Waals surface area contributed by atoms with Crippen LogP contribution in [0.4, 0.5) is 13.2 Å². The number of aromatic nitrogens is 2. The first-order valence-electron chi connectivity index (χ1n) is 10.8. The monoisotopic (exact) mass is 539 g/mol. The molecule has 2 N–H and O–H groups in total. The van der Waals surface area contributed by atoms with Crippen LogP contribution >= 0.6 is 11.8 Å². The molecule has 0 spiro atoms. The Kier molecular flexibility index (Phi) is 8.71. The third-order valence-electron chi connectivity index (χ3n) is 4.64. The van der Waals surface area contributed by atoms with E-state index in [1.54, 1.807) is 32.0 Å². The predicted molar refractivity (Wildman–Crippen MR) is 128 cm³/mol. The van der Waals surface area contributed by atoms with Gasteiger partial charge in [-0.2, -0.15) is 0 Å². The first kappa shape index (κ1) is 27.9. The average molecular weight is 540 g/mol. The summed E-state index contributed by atoms with van der Waals surface area (Å²) in [5, 5.41) is 0.106. The van der Waals surface area contributed by atoms with Gasteiger partial charge in [-0.1, -0.05) is 11.8 Å². The standard InChI is InChI=1S/C24H24F3N3O6S/c1-23(2,36-20(31)13-28)14-34-18-9-4-15(12-19(18)33-3)30-11-10-29-21(22(30)32)37-17-7-5-16(6-8-17)35-24(25,26)27/h4-12H,13-14,28H2,1-3H3. The topological polar surface area (TPSA) is 115 Å². The Labute approximate surface area is 214 Å². The van der Waals surface area contributed by atoms with Gasteiger partial charge in [0, 0.05) is 23.4 Å². The van der Waals surface area contributed by atoms with Gasteiger partial charge < -0.3 is 24.7 Å². The highest BCUT2D eigenvalue weighted by Crippen LogP contribution is 2.31. The molecule has 0 atom stereocenters. The van der Waals surface area contributed by atoms with Crippen LogP contribution in [0.2, 0.25) is 0 Å². The van der Waals surface area contributed by atoms with E-state index in [-0.39, 0.29) is 23.9 Å². The van der Waals surface area contributed by atoms with Crippen LogP contribution in [0.15, 0.2) is 69.6 Å². The van der Waals surface area contributed by atoms with Crippen LogP contribution in [0.5, 0.6) is 17.2 Å². The molecule has 1 heterocycles. The molecule has 0 aliphatic carbocycles. The number of alkyl halides is 3. The number of esters is 1. The summed E-state index contributed by atoms with van der Waals surface area (Å²) < 4.78 is 58.7. The second-order valence-corrected chi connectivity index (χ2v) is 9.15. The number of hydrogen-bond donors (Lipinski definition) is 1. The third-order valence-corrected chi connectivity index (χ3v) is 5.62. The van der Waals surface area contributed by atoms with Gasteiger partial charge in [-0.25, -0.2) is 4.98 Å². The molecule has 0 aliphatic heterocycles. The van der Waals surface area contributed by atoms with Crippen LogP contribution in [0.3, 0.4) is 0 Å². The quantitative estimate of drug-likeness (QED) is 0.383. The summed E-state index contributed by atoms with van der Waals surface area (Å²) in [7, 11) is 1.44. The lowest BCUT2D eigenvalue weighted by Crippen LogP contribution is -2.37. The zero-order valence-corrected chi connectivity index (χ0v) is 20.9. The minimum Gasteiger partial charge on any atom is -0.493 e. The van der Waals surface area contributed by atoms with Crippen LogP contribution in [0.25, 0.3) is 5.69 Å². The van der Waals surface area contributed by atoms with E-state index in [0.29, 0.717) is 22.1 Å². The lowest BCUT2D eigenvalue weighted by atomic mass is 10.1. The molecule has 2 aromatic carbocycles. The molecule has 9 nitrogen and oxygen atoms in total. The molecule has 0 fully saturated rings. The van der Waals surface area contributed by atoms with Crippen molar-refractivity contribution >= 4 is 17.7 Å². The van der Waals surface area contributed by atoms with Crippen molar-refractivity contribution in [2.45, 2.75) is 35.7 Å². The van der Waals surface area contributed by atoms with Crippen molar-refractivity contribution in [1.82, 2.24) is 9.55 Å². The van der Waals surface area contributed by atoms with Gasteiger partial charge >= 0.3 is 12.3 Å². The van der Waals surface area contributed by atoms with Gasteiger partial charge in [0.2, 0.25) is 0 Å². The first-order chi connectivity index (χ1) is 17.4. The number of methoxy groups -OCH3 is 1. The maximum atomic E-state index is 13.1. The van der Waals surface area contributed by atoms with E-state index in [0.717, 1.165) is 23.9 Å². The molecule has 3 aromatic rings. The summed E-state index contributed by atoms with van der Waals surface area (Å²) in [5.41, 5.74) is 4.35. The van der Waals surface area contributed by atoms with Gasteiger partial charge in [0.15, 0.2) is 16.5 Å². The first-order valence-corrected chi connectivity index (χ1v) is 11.6. The fourth-order valence-corrected chi connectivity index (χ4v) is 3.84. The highest BCUT2D eigenvalue weighted by Gasteiger charge is 2.31. The summed E-state index contributed by atoms with van der Waals surface area (Å²) in [6, 6.07) is 9.92. The van der Waals surface area contributed by atoms with E-state index in [4.69, 9.17) is 19.9 Å². The Morgan fingerprint density at radius 1 is 1.11 bits per heavy atom. The molecular formula is C24H24F3N3O6S. The van der Waals surface area contributed by atoms with Crippen LogP contribution in [-0.4, -0.2) is 47.7 Å². The van der Waals surface area contributed by atoms with Crippen LogP contribution < -0.4 is 25.5 Å². The number of benzene rings is 2. The van der Waals surface area contributed by atoms with Crippen molar-refractivity contribution in [1.29, 1.82) is 0 Å². The maximum absolute atomic E-state index is 13.1. The van der Waals surface area contributed by atoms with Crippen molar-refractivity contribution in [2.24, 2.45) is 5.73 Å². The van der Waals surface area contributed by atoms with Gasteiger partial charge in [-0.15, -0.1) is 13.2 Å². The maximum Gasteiger partial charge on any atom is 0.573 e. The third kappa shape index (κ3) is 7.89. The fraction of sp³-hybridized carbons (Fsp3) is 0.292. The molecule has 37 heavy (non-hydrogen) atoms. The molecule has 1 aromatic heterocycles. The van der Waals surface area contributed by atoms with Crippen molar-refractivity contribution in [2.75, 3.05) is 20.3 Å². The van der Waals surface area contributed by atoms with Gasteiger partial charge in [0.25, 0.3) is 5.56 Å². The number of hydrogen-bond acceptors (Lipinski definition) is 9. The largest absolute Gasteiger partial charge is 0.573 e. The Bertz CT molecular complexity index is 1300. The molecule has 0 bridgehead atoms. The van der Waals surface area contributed by atoms with Gasteiger partial charge in [0.1, 0.15) is 18.0 Å². The van der Waals surface area contributed by atoms with Gasteiger partial charge in [0.05, 0.1) is 19.3 Å². The summed E-state index contributed by atoms with van der Waals surface area (Å²) in [6.07, 6.45) is -1.90. The molecule has 198 valence electrons. The van der Waals surface area contributed by atoms with E-state index in [1.165, 1.54) is 36.2 Å². The number of nitrogens with zero attached hydrogens (tertiary/aromatic N) is 2. The van der Waals surface area contributed by atoms with E-state index in [1.807, 2.05) is 0 Å². The van der Waals surface area contributed by atoms with Crippen molar-refractivity contribution < 1.29 is 36.9 Å². The lowest BCUT2D eigenvalue weighted by Gasteiger charge is -2.25. The molecule has 0 saturated carbocycles. The SMILES string of the molecule is COc1cc(-n2ccnc(Sc3ccc(OC(F)(F)F)cc3)c2=O)ccc1OCC(C)(C)OC(=O)CN. The Morgan fingerprint density at radius 2 is 1.81 bits per heavy atom. The molecule has 0 unspecified atom stereocenters. The Morgan fingerprint density at radius 3 is 2.43 bits per heavy atom. The molecular weight excluding hydrogens is 515 g/mol. The molecule has 0 amide bonds. The second kappa shape index (κ2) is 11.6. The molecule has 0 aliphatic rings. The van der Waals surface area contributed by atoms with E-state index in [2.05, 4.69) is 9.72 Å². The number of rotatable bonds is 10. The highest BCUT2D eigenvalue weighted by molar-refractivity contribution is 7.99. The van der Waals surface area contributed by atoms with Crippen molar-refractivity contribution in [3.05, 3.63) is 65.2 Å². The second-order valence-electron chi connectivity index (χ2n) is 8.09. The van der Waals surface area contributed by atoms with Crippen molar-refractivity contribution in [3.63, 3.8) is 0 Å². The summed E-state index contributed by atoms with van der Waals surface area (Å²) in [4.78, 5) is 29.2. The van der Waals surface area contributed by atoms with Crippen LogP contribution in [-0.2, 0) is 9.53 Å². The zero-order valence-electron chi connectivity index (χ0n) is 20.1. The number of halogens is 3. The van der Waals surface area contributed by atoms with E-state index in [9.17, 15) is 22.8 Å². The van der Waals surface area contributed by atoms with Gasteiger partial charge in [-0.05, 0) is 50.2 Å². The minimum absolute atomic E-state index is 0.0250. The van der Waals surface area contributed by atoms with E-state index >= 15 is 0 Å². The molecule has 0 radical (unpaired) electrons. The van der Waals surface area contributed by atoms with Gasteiger partial charge in [-0.3, -0.25) is 14.2 Å². The number of ether oxygens (including phenoxy) is 4. The average Bonchev–Trinajstić information content (AvgIpc) is 2.84. The predicted octanol–water partition coefficient (Wildman–Crippen LogP) is 3.95. The van der Waals surface area contributed by atoms with Crippen LogP contribution in [0.1, 0.15) is 13.8 Å². The number of nitrogens with two attached hydrogens (primary N) is 1. The highest BCUT2D eigenvalue weighted by atomic mass is 32.2. The zero-order chi connectivity index (χ0) is 27.2. The van der Waals surface area contributed by atoms with Crippen molar-refractivity contribution in [3.8, 4) is 22.9 Å². The lowest BCUT2D eigenvalue weighted by molar-refractivity contribution is -0.274. The smallest absolute Gasteiger partial charge is 0.493 e. The molecule has 3 rings (SSSR count). The minimum atomic E-state index is -4.79. The van der Waals surface area contributed by atoms with Crippen LogP contribution in [0, 0.1) is 0 Å². The Hall–Kier alpha value is -3.71. The number of carbonyl (C=O) groups excluding carboxylic acids is 1.